The molecule has 3 aromatic heterocycles. The molecular weight excluding hydrogens is 571 g/mol. The van der Waals surface area contributed by atoms with Crippen LogP contribution in [0.5, 0.6) is 11.5 Å². The highest BCUT2D eigenvalue weighted by molar-refractivity contribution is 7.22. The smallest absolute Gasteiger partial charge is 0.410 e. The van der Waals surface area contributed by atoms with Gasteiger partial charge in [-0.25, -0.2) is 14.2 Å². The van der Waals surface area contributed by atoms with Crippen LogP contribution in [0.2, 0.25) is 0 Å². The molecule has 1 aliphatic heterocycles. The van der Waals surface area contributed by atoms with Gasteiger partial charge in [0, 0.05) is 57.6 Å². The van der Waals surface area contributed by atoms with Gasteiger partial charge in [0.1, 0.15) is 28.7 Å². The van der Waals surface area contributed by atoms with Crippen molar-refractivity contribution in [2.75, 3.05) is 13.1 Å². The van der Waals surface area contributed by atoms with Crippen molar-refractivity contribution in [3.05, 3.63) is 60.3 Å². The van der Waals surface area contributed by atoms with E-state index >= 15 is 4.39 Å². The second-order valence-corrected chi connectivity index (χ2v) is 13.0. The molecule has 11 heteroatoms. The maximum atomic E-state index is 15.1. The number of aromatic nitrogens is 3. The first-order chi connectivity index (χ1) is 20.4. The van der Waals surface area contributed by atoms with Gasteiger partial charge in [0.25, 0.3) is 0 Å². The first-order valence-electron chi connectivity index (χ1n) is 14.3. The van der Waals surface area contributed by atoms with Crippen molar-refractivity contribution in [3.8, 4) is 22.2 Å². The number of imidazole rings is 1. The van der Waals surface area contributed by atoms with Crippen molar-refractivity contribution in [1.82, 2.24) is 19.4 Å². The number of Topliss-reactive ketones (excluding diaryl/α,β-unsaturated/α-hetero) is 2. The minimum Gasteiger partial charge on any atom is -0.453 e. The molecule has 0 atom stereocenters. The number of aryl methyl sites for hydroxylation is 1. The summed E-state index contributed by atoms with van der Waals surface area (Å²) in [6.45, 7) is 6.53. The molecule has 4 aromatic rings. The van der Waals surface area contributed by atoms with E-state index in [1.807, 2.05) is 44.6 Å². The quantitative estimate of drug-likeness (QED) is 0.195. The minimum absolute atomic E-state index is 0.0319. The van der Waals surface area contributed by atoms with Gasteiger partial charge in [-0.05, 0) is 63.3 Å². The van der Waals surface area contributed by atoms with Gasteiger partial charge < -0.3 is 18.9 Å². The fraction of sp³-hybridized carbons (Fsp3) is 0.406. The molecule has 0 aliphatic carbocycles. The summed E-state index contributed by atoms with van der Waals surface area (Å²) in [6, 6.07) is 8.02. The lowest BCUT2D eigenvalue weighted by atomic mass is 9.90. The van der Waals surface area contributed by atoms with Gasteiger partial charge >= 0.3 is 6.09 Å². The SMILES string of the molecule is Cn1ccnc1-c1cc2nccc(Oc3ccc(CC(=O)CC(=O)CC4CCN(C(=O)OC(C)(C)C)CC4)cc3F)c2s1. The number of ketones is 2. The molecule has 1 aliphatic rings. The number of nitrogens with zero attached hydrogens (tertiary/aromatic N) is 4. The van der Waals surface area contributed by atoms with Crippen LogP contribution in [0.15, 0.2) is 48.9 Å². The second-order valence-electron chi connectivity index (χ2n) is 11.9. The number of ether oxygens (including phenoxy) is 2. The molecule has 1 aromatic carbocycles. The van der Waals surface area contributed by atoms with E-state index in [4.69, 9.17) is 9.47 Å². The third kappa shape index (κ3) is 7.64. The topological polar surface area (TPSA) is 104 Å². The monoisotopic (exact) mass is 606 g/mol. The van der Waals surface area contributed by atoms with Crippen LogP contribution in [0, 0.1) is 11.7 Å². The lowest BCUT2D eigenvalue weighted by Crippen LogP contribution is -2.42. The molecule has 43 heavy (non-hydrogen) atoms. The van der Waals surface area contributed by atoms with Crippen molar-refractivity contribution in [3.63, 3.8) is 0 Å². The first-order valence-corrected chi connectivity index (χ1v) is 15.1. The molecule has 0 bridgehead atoms. The lowest BCUT2D eigenvalue weighted by molar-refractivity contribution is -0.127. The van der Waals surface area contributed by atoms with Crippen LogP contribution < -0.4 is 4.74 Å². The van der Waals surface area contributed by atoms with Gasteiger partial charge in [-0.1, -0.05) is 6.07 Å². The molecule has 0 N–H and O–H groups in total. The zero-order valence-corrected chi connectivity index (χ0v) is 25.6. The van der Waals surface area contributed by atoms with Crippen LogP contribution in [0.25, 0.3) is 20.9 Å². The molecule has 1 fully saturated rings. The van der Waals surface area contributed by atoms with E-state index in [0.717, 1.165) is 20.9 Å². The Morgan fingerprint density at radius 1 is 1.02 bits per heavy atom. The Morgan fingerprint density at radius 2 is 1.79 bits per heavy atom. The molecule has 1 saturated heterocycles. The van der Waals surface area contributed by atoms with Crippen molar-refractivity contribution < 1.29 is 28.2 Å². The third-order valence-corrected chi connectivity index (χ3v) is 8.35. The summed E-state index contributed by atoms with van der Waals surface area (Å²) < 4.78 is 29.1. The van der Waals surface area contributed by atoms with Crippen LogP contribution in [0.1, 0.15) is 52.0 Å². The molecule has 4 heterocycles. The predicted molar refractivity (Wildman–Crippen MR) is 162 cm³/mol. The van der Waals surface area contributed by atoms with Crippen LogP contribution in [0.3, 0.4) is 0 Å². The van der Waals surface area contributed by atoms with Crippen molar-refractivity contribution in [1.29, 1.82) is 0 Å². The molecule has 226 valence electrons. The summed E-state index contributed by atoms with van der Waals surface area (Å²) >= 11 is 1.46. The molecule has 0 radical (unpaired) electrons. The van der Waals surface area contributed by atoms with E-state index in [2.05, 4.69) is 9.97 Å². The molecule has 5 rings (SSSR count). The van der Waals surface area contributed by atoms with E-state index in [1.165, 1.54) is 23.5 Å². The number of thiophene rings is 1. The normalized spacial score (nSPS) is 14.2. The van der Waals surface area contributed by atoms with E-state index in [0.29, 0.717) is 43.7 Å². The van der Waals surface area contributed by atoms with Gasteiger partial charge in [0.2, 0.25) is 0 Å². The Morgan fingerprint density at radius 3 is 2.47 bits per heavy atom. The zero-order chi connectivity index (χ0) is 30.7. The van der Waals surface area contributed by atoms with E-state index in [-0.39, 0.29) is 42.2 Å². The number of amides is 1. The number of hydrogen-bond acceptors (Lipinski definition) is 8. The Kier molecular flexibility index (Phi) is 8.91. The molecule has 0 unspecified atom stereocenters. The van der Waals surface area contributed by atoms with Crippen LogP contribution in [-0.2, 0) is 27.8 Å². The van der Waals surface area contributed by atoms with Gasteiger partial charge in [0.15, 0.2) is 11.6 Å². The fourth-order valence-electron chi connectivity index (χ4n) is 5.11. The molecule has 1 amide bonds. The molecular formula is C32H35FN4O5S. The number of carbonyl (C=O) groups is 3. The largest absolute Gasteiger partial charge is 0.453 e. The van der Waals surface area contributed by atoms with Crippen LogP contribution in [0.4, 0.5) is 9.18 Å². The maximum Gasteiger partial charge on any atom is 0.410 e. The number of fused-ring (bicyclic) bond motifs is 1. The fourth-order valence-corrected chi connectivity index (χ4v) is 6.22. The summed E-state index contributed by atoms with van der Waals surface area (Å²) in [5.41, 5.74) is 0.644. The number of likely N-dealkylation sites (tertiary alicyclic amines) is 1. The van der Waals surface area contributed by atoms with Crippen LogP contribution >= 0.6 is 11.3 Å². The number of piperidine rings is 1. The molecule has 0 spiro atoms. The Labute approximate surface area is 253 Å². The van der Waals surface area contributed by atoms with E-state index in [1.54, 1.807) is 29.4 Å². The molecule has 9 nitrogen and oxygen atoms in total. The highest BCUT2D eigenvalue weighted by atomic mass is 32.1. The van der Waals surface area contributed by atoms with Crippen molar-refractivity contribution in [2.24, 2.45) is 13.0 Å². The first kappa shape index (κ1) is 30.3. The summed E-state index contributed by atoms with van der Waals surface area (Å²) in [7, 11) is 1.91. The van der Waals surface area contributed by atoms with Gasteiger partial charge in [-0.15, -0.1) is 11.3 Å². The summed E-state index contributed by atoms with van der Waals surface area (Å²) in [6.07, 6.45) is 6.28. The number of pyridine rings is 1. The predicted octanol–water partition coefficient (Wildman–Crippen LogP) is 6.74. The molecule has 0 saturated carbocycles. The summed E-state index contributed by atoms with van der Waals surface area (Å²) in [5, 5.41) is 0. The number of halogens is 1. The average molecular weight is 607 g/mol. The highest BCUT2D eigenvalue weighted by Gasteiger charge is 2.28. The van der Waals surface area contributed by atoms with Gasteiger partial charge in [-0.2, -0.15) is 0 Å². The van der Waals surface area contributed by atoms with Crippen LogP contribution in [-0.4, -0.2) is 55.8 Å². The van der Waals surface area contributed by atoms with E-state index in [9.17, 15) is 14.4 Å². The Balaban J connectivity index is 1.13. The Hall–Kier alpha value is -4.12. The zero-order valence-electron chi connectivity index (χ0n) is 24.8. The minimum atomic E-state index is -0.598. The number of carbonyl (C=O) groups excluding carboxylic acids is 3. The summed E-state index contributed by atoms with van der Waals surface area (Å²) in [5.74, 6) is 0.431. The van der Waals surface area contributed by atoms with Crippen molar-refractivity contribution >= 4 is 39.2 Å². The van der Waals surface area contributed by atoms with Gasteiger partial charge in [-0.3, -0.25) is 14.6 Å². The maximum absolute atomic E-state index is 15.1. The highest BCUT2D eigenvalue weighted by Crippen LogP contribution is 2.39. The Bertz CT molecular complexity index is 1650. The lowest BCUT2D eigenvalue weighted by Gasteiger charge is -2.33. The van der Waals surface area contributed by atoms with E-state index < -0.39 is 11.4 Å². The third-order valence-electron chi connectivity index (χ3n) is 7.21. The number of benzene rings is 1. The number of rotatable bonds is 9. The summed E-state index contributed by atoms with van der Waals surface area (Å²) in [4.78, 5) is 48.9. The standard InChI is InChI=1S/C32H35FN4O5S/c1-32(2,3)42-31(40)37-12-8-20(9-13-37)15-22(38)18-23(39)16-21-5-6-26(24(33)17-21)41-27-7-10-34-25-19-28(43-29(25)27)30-35-11-14-36(30)4/h5-7,10-11,14,17,19-20H,8-9,12-13,15-16,18H2,1-4H3. The second kappa shape index (κ2) is 12.6. The average Bonchev–Trinajstić information content (AvgIpc) is 3.56. The number of hydrogen-bond donors (Lipinski definition) is 0. The van der Waals surface area contributed by atoms with Crippen molar-refractivity contribution in [2.45, 2.75) is 58.5 Å². The van der Waals surface area contributed by atoms with Gasteiger partial charge in [0.05, 0.1) is 21.5 Å².